The standard InChI is InChI=1S/C9H14O2/c1-2-6-10-8(4-1)9-5-3-7-11-9/h2,6,8-9H,1,3-5,7H2. The zero-order valence-electron chi connectivity index (χ0n) is 6.66. The lowest BCUT2D eigenvalue weighted by Crippen LogP contribution is -2.28. The van der Waals surface area contributed by atoms with E-state index in [2.05, 4.69) is 6.08 Å². The summed E-state index contributed by atoms with van der Waals surface area (Å²) in [6.07, 6.45) is 9.25. The molecule has 2 unspecified atom stereocenters. The van der Waals surface area contributed by atoms with Crippen molar-refractivity contribution in [2.45, 2.75) is 37.9 Å². The highest BCUT2D eigenvalue weighted by Crippen LogP contribution is 2.23. The van der Waals surface area contributed by atoms with Crippen LogP contribution in [0.4, 0.5) is 0 Å². The van der Waals surface area contributed by atoms with Crippen molar-refractivity contribution in [2.24, 2.45) is 0 Å². The fourth-order valence-electron chi connectivity index (χ4n) is 1.72. The van der Waals surface area contributed by atoms with E-state index in [-0.39, 0.29) is 0 Å². The minimum Gasteiger partial charge on any atom is -0.496 e. The van der Waals surface area contributed by atoms with Gasteiger partial charge in [0.1, 0.15) is 6.10 Å². The smallest absolute Gasteiger partial charge is 0.124 e. The van der Waals surface area contributed by atoms with E-state index in [9.17, 15) is 0 Å². The van der Waals surface area contributed by atoms with Crippen LogP contribution in [0.15, 0.2) is 12.3 Å². The molecule has 62 valence electrons. The van der Waals surface area contributed by atoms with Gasteiger partial charge in [0.05, 0.1) is 12.4 Å². The highest BCUT2D eigenvalue weighted by atomic mass is 16.5. The second-order valence-electron chi connectivity index (χ2n) is 3.18. The molecule has 2 heteroatoms. The van der Waals surface area contributed by atoms with Gasteiger partial charge in [-0.05, 0) is 31.8 Å². The summed E-state index contributed by atoms with van der Waals surface area (Å²) in [5.74, 6) is 0. The quantitative estimate of drug-likeness (QED) is 0.574. The van der Waals surface area contributed by atoms with Gasteiger partial charge in [-0.2, -0.15) is 0 Å². The van der Waals surface area contributed by atoms with Crippen LogP contribution in [0.1, 0.15) is 25.7 Å². The number of allylic oxidation sites excluding steroid dienone is 1. The molecule has 11 heavy (non-hydrogen) atoms. The molecular formula is C9H14O2. The van der Waals surface area contributed by atoms with E-state index in [4.69, 9.17) is 9.47 Å². The van der Waals surface area contributed by atoms with Crippen molar-refractivity contribution in [3.63, 3.8) is 0 Å². The Morgan fingerprint density at radius 2 is 2.18 bits per heavy atom. The maximum absolute atomic E-state index is 5.53. The maximum Gasteiger partial charge on any atom is 0.124 e. The summed E-state index contributed by atoms with van der Waals surface area (Å²) >= 11 is 0. The van der Waals surface area contributed by atoms with Gasteiger partial charge in [0.25, 0.3) is 0 Å². The first kappa shape index (κ1) is 7.17. The van der Waals surface area contributed by atoms with Crippen LogP contribution in [-0.4, -0.2) is 18.8 Å². The SMILES string of the molecule is C1=COC(C2CCCO2)CC1. The molecule has 2 aliphatic heterocycles. The number of rotatable bonds is 1. The summed E-state index contributed by atoms with van der Waals surface area (Å²) < 4.78 is 11.0. The molecule has 0 saturated carbocycles. The van der Waals surface area contributed by atoms with Crippen LogP contribution in [0.25, 0.3) is 0 Å². The highest BCUT2D eigenvalue weighted by molar-refractivity contribution is 4.87. The number of hydrogen-bond donors (Lipinski definition) is 0. The molecule has 1 saturated heterocycles. The predicted octanol–water partition coefficient (Wildman–Crippen LogP) is 1.86. The van der Waals surface area contributed by atoms with E-state index < -0.39 is 0 Å². The van der Waals surface area contributed by atoms with Crippen LogP contribution in [0.2, 0.25) is 0 Å². The van der Waals surface area contributed by atoms with Gasteiger partial charge in [-0.3, -0.25) is 0 Å². The second-order valence-corrected chi connectivity index (χ2v) is 3.18. The molecule has 0 amide bonds. The average molecular weight is 154 g/mol. The van der Waals surface area contributed by atoms with Crippen LogP contribution in [-0.2, 0) is 9.47 Å². The number of hydrogen-bond acceptors (Lipinski definition) is 2. The normalized spacial score (nSPS) is 37.1. The van der Waals surface area contributed by atoms with Crippen molar-refractivity contribution in [3.8, 4) is 0 Å². The van der Waals surface area contributed by atoms with Gasteiger partial charge in [0, 0.05) is 6.61 Å². The lowest BCUT2D eigenvalue weighted by Gasteiger charge is -2.24. The van der Waals surface area contributed by atoms with Gasteiger partial charge >= 0.3 is 0 Å². The summed E-state index contributed by atoms with van der Waals surface area (Å²) in [5, 5.41) is 0. The molecular weight excluding hydrogens is 140 g/mol. The molecule has 2 nitrogen and oxygen atoms in total. The van der Waals surface area contributed by atoms with E-state index in [1.54, 1.807) is 0 Å². The zero-order chi connectivity index (χ0) is 7.52. The molecule has 2 rings (SSSR count). The van der Waals surface area contributed by atoms with Crippen LogP contribution < -0.4 is 0 Å². The van der Waals surface area contributed by atoms with E-state index in [0.29, 0.717) is 12.2 Å². The predicted molar refractivity (Wildman–Crippen MR) is 42.2 cm³/mol. The Balaban J connectivity index is 1.88. The molecule has 0 aromatic heterocycles. The Hall–Kier alpha value is -0.500. The van der Waals surface area contributed by atoms with Crippen molar-refractivity contribution >= 4 is 0 Å². The molecule has 0 aromatic rings. The van der Waals surface area contributed by atoms with E-state index >= 15 is 0 Å². The molecule has 0 N–H and O–H groups in total. The lowest BCUT2D eigenvalue weighted by atomic mass is 10.0. The summed E-state index contributed by atoms with van der Waals surface area (Å²) in [6, 6.07) is 0. The molecule has 2 heterocycles. The van der Waals surface area contributed by atoms with Crippen molar-refractivity contribution in [1.29, 1.82) is 0 Å². The topological polar surface area (TPSA) is 18.5 Å². The first-order valence-electron chi connectivity index (χ1n) is 4.39. The molecule has 0 aromatic carbocycles. The van der Waals surface area contributed by atoms with Crippen molar-refractivity contribution in [3.05, 3.63) is 12.3 Å². The van der Waals surface area contributed by atoms with Crippen LogP contribution in [0.3, 0.4) is 0 Å². The Kier molecular flexibility index (Phi) is 2.13. The molecule has 0 aliphatic carbocycles. The molecule has 0 bridgehead atoms. The minimum absolute atomic E-state index is 0.336. The Bertz CT molecular complexity index is 148. The molecule has 2 atom stereocenters. The van der Waals surface area contributed by atoms with Gasteiger partial charge < -0.3 is 9.47 Å². The maximum atomic E-state index is 5.53. The highest BCUT2D eigenvalue weighted by Gasteiger charge is 2.26. The first-order chi connectivity index (χ1) is 5.47. The summed E-state index contributed by atoms with van der Waals surface area (Å²) in [4.78, 5) is 0. The Labute approximate surface area is 67.2 Å². The molecule has 0 spiro atoms. The van der Waals surface area contributed by atoms with Crippen LogP contribution >= 0.6 is 0 Å². The number of ether oxygens (including phenoxy) is 2. The molecule has 2 aliphatic rings. The largest absolute Gasteiger partial charge is 0.496 e. The van der Waals surface area contributed by atoms with E-state index in [1.807, 2.05) is 6.26 Å². The van der Waals surface area contributed by atoms with Gasteiger partial charge in [-0.1, -0.05) is 0 Å². The van der Waals surface area contributed by atoms with Crippen molar-refractivity contribution in [1.82, 2.24) is 0 Å². The van der Waals surface area contributed by atoms with Gasteiger partial charge in [-0.15, -0.1) is 0 Å². The van der Waals surface area contributed by atoms with E-state index in [0.717, 1.165) is 19.4 Å². The second kappa shape index (κ2) is 3.26. The third-order valence-electron chi connectivity index (χ3n) is 2.35. The Morgan fingerprint density at radius 1 is 1.18 bits per heavy atom. The fraction of sp³-hybridized carbons (Fsp3) is 0.778. The van der Waals surface area contributed by atoms with Crippen molar-refractivity contribution < 1.29 is 9.47 Å². The molecule has 1 fully saturated rings. The summed E-state index contributed by atoms with van der Waals surface area (Å²) in [5.41, 5.74) is 0. The van der Waals surface area contributed by atoms with Crippen LogP contribution in [0.5, 0.6) is 0 Å². The van der Waals surface area contributed by atoms with Gasteiger partial charge in [0.2, 0.25) is 0 Å². The minimum atomic E-state index is 0.336. The third kappa shape index (κ3) is 1.56. The summed E-state index contributed by atoms with van der Waals surface area (Å²) in [6.45, 7) is 0.925. The molecule has 0 radical (unpaired) electrons. The average Bonchev–Trinajstić information content (AvgIpc) is 2.58. The lowest BCUT2D eigenvalue weighted by molar-refractivity contribution is -0.0182. The van der Waals surface area contributed by atoms with Crippen LogP contribution in [0, 0.1) is 0 Å². The monoisotopic (exact) mass is 154 g/mol. The zero-order valence-corrected chi connectivity index (χ0v) is 6.66. The first-order valence-corrected chi connectivity index (χ1v) is 4.39. The third-order valence-corrected chi connectivity index (χ3v) is 2.35. The van der Waals surface area contributed by atoms with E-state index in [1.165, 1.54) is 12.8 Å². The summed E-state index contributed by atoms with van der Waals surface area (Å²) in [7, 11) is 0. The van der Waals surface area contributed by atoms with Crippen molar-refractivity contribution in [2.75, 3.05) is 6.61 Å². The van der Waals surface area contributed by atoms with Gasteiger partial charge in [-0.25, -0.2) is 0 Å². The Morgan fingerprint density at radius 3 is 2.82 bits per heavy atom. The fourth-order valence-corrected chi connectivity index (χ4v) is 1.72. The van der Waals surface area contributed by atoms with Gasteiger partial charge in [0.15, 0.2) is 0 Å².